The lowest BCUT2D eigenvalue weighted by Gasteiger charge is -2.15. The van der Waals surface area contributed by atoms with Gasteiger partial charge in [0.05, 0.1) is 6.61 Å². The lowest BCUT2D eigenvalue weighted by atomic mass is 10.4. The van der Waals surface area contributed by atoms with Crippen LogP contribution in [0.4, 0.5) is 5.13 Å². The fourth-order valence-corrected chi connectivity index (χ4v) is 2.26. The van der Waals surface area contributed by atoms with Crippen LogP contribution in [0.25, 0.3) is 0 Å². The number of ether oxygens (including phenoxy) is 1. The van der Waals surface area contributed by atoms with E-state index in [-0.39, 0.29) is 12.4 Å². The van der Waals surface area contributed by atoms with Crippen molar-refractivity contribution in [3.63, 3.8) is 0 Å². The third kappa shape index (κ3) is 5.68. The van der Waals surface area contributed by atoms with Crippen molar-refractivity contribution in [2.24, 2.45) is 5.92 Å². The van der Waals surface area contributed by atoms with Crippen LogP contribution in [0.2, 0.25) is 0 Å². The summed E-state index contributed by atoms with van der Waals surface area (Å²) in [5.41, 5.74) is 5.58. The van der Waals surface area contributed by atoms with Gasteiger partial charge in [0.25, 0.3) is 0 Å². The molecule has 1 aromatic heterocycles. The summed E-state index contributed by atoms with van der Waals surface area (Å²) in [7, 11) is 2.09. The molecule has 0 aromatic carbocycles. The molecule has 0 aliphatic heterocycles. The van der Waals surface area contributed by atoms with E-state index < -0.39 is 0 Å². The standard InChI is InChI=1S/C11H19N3OS.ClH/c1-14(4-5-15-8-9-2-3-9)7-10-6-13-11(12)16-10;/h6,9H,2-5,7-8H2,1H3,(H2,12,13);1H. The molecule has 0 amide bonds. The first-order valence-electron chi connectivity index (χ1n) is 5.70. The van der Waals surface area contributed by atoms with Gasteiger partial charge >= 0.3 is 0 Å². The van der Waals surface area contributed by atoms with Gasteiger partial charge in [-0.05, 0) is 25.8 Å². The molecule has 1 aliphatic carbocycles. The molecule has 1 saturated carbocycles. The minimum Gasteiger partial charge on any atom is -0.380 e. The summed E-state index contributed by atoms with van der Waals surface area (Å²) >= 11 is 1.55. The molecule has 0 radical (unpaired) electrons. The van der Waals surface area contributed by atoms with Crippen LogP contribution in [-0.2, 0) is 11.3 Å². The molecular formula is C11H20ClN3OS. The van der Waals surface area contributed by atoms with Crippen LogP contribution < -0.4 is 5.73 Å². The van der Waals surface area contributed by atoms with E-state index in [1.165, 1.54) is 17.7 Å². The van der Waals surface area contributed by atoms with Gasteiger partial charge < -0.3 is 10.5 Å². The number of nitrogen functional groups attached to an aromatic ring is 1. The second kappa shape index (κ2) is 7.16. The molecule has 4 nitrogen and oxygen atoms in total. The van der Waals surface area contributed by atoms with Crippen LogP contribution >= 0.6 is 23.7 Å². The number of nitrogens with zero attached hydrogens (tertiary/aromatic N) is 2. The number of halogens is 1. The second-order valence-corrected chi connectivity index (χ2v) is 5.57. The van der Waals surface area contributed by atoms with E-state index in [4.69, 9.17) is 10.5 Å². The fraction of sp³-hybridized carbons (Fsp3) is 0.727. The summed E-state index contributed by atoms with van der Waals surface area (Å²) < 4.78 is 5.59. The van der Waals surface area contributed by atoms with Crippen molar-refractivity contribution >= 4 is 28.9 Å². The Morgan fingerprint density at radius 1 is 1.59 bits per heavy atom. The first kappa shape index (κ1) is 14.7. The normalized spacial score (nSPS) is 14.9. The summed E-state index contributed by atoms with van der Waals surface area (Å²) in [5.74, 6) is 0.853. The highest BCUT2D eigenvalue weighted by Gasteiger charge is 2.20. The molecule has 2 rings (SSSR count). The van der Waals surface area contributed by atoms with Crippen LogP contribution in [-0.4, -0.2) is 36.7 Å². The molecule has 0 saturated heterocycles. The first-order valence-corrected chi connectivity index (χ1v) is 6.52. The van der Waals surface area contributed by atoms with Crippen molar-refractivity contribution in [1.82, 2.24) is 9.88 Å². The number of hydrogen-bond donors (Lipinski definition) is 1. The monoisotopic (exact) mass is 277 g/mol. The van der Waals surface area contributed by atoms with Gasteiger partial charge in [-0.25, -0.2) is 4.98 Å². The number of thiazole rings is 1. The summed E-state index contributed by atoms with van der Waals surface area (Å²) in [4.78, 5) is 7.48. The first-order chi connectivity index (χ1) is 7.74. The summed E-state index contributed by atoms with van der Waals surface area (Å²) in [5, 5.41) is 0.647. The smallest absolute Gasteiger partial charge is 0.180 e. The van der Waals surface area contributed by atoms with Crippen molar-refractivity contribution < 1.29 is 4.74 Å². The van der Waals surface area contributed by atoms with Crippen LogP contribution in [0.3, 0.4) is 0 Å². The third-order valence-corrected chi connectivity index (χ3v) is 3.48. The quantitative estimate of drug-likeness (QED) is 0.775. The maximum atomic E-state index is 5.59. The lowest BCUT2D eigenvalue weighted by Crippen LogP contribution is -2.22. The van der Waals surface area contributed by atoms with Gasteiger partial charge in [-0.1, -0.05) is 0 Å². The average molecular weight is 278 g/mol. The second-order valence-electron chi connectivity index (χ2n) is 4.42. The number of aromatic nitrogens is 1. The molecule has 1 heterocycles. The summed E-state index contributed by atoms with van der Waals surface area (Å²) in [6.07, 6.45) is 4.56. The predicted molar refractivity (Wildman–Crippen MR) is 73.7 cm³/mol. The molecule has 0 atom stereocenters. The lowest BCUT2D eigenvalue weighted by molar-refractivity contribution is 0.102. The zero-order valence-electron chi connectivity index (χ0n) is 10.1. The third-order valence-electron chi connectivity index (χ3n) is 2.67. The number of hydrogen-bond acceptors (Lipinski definition) is 5. The van der Waals surface area contributed by atoms with Gasteiger partial charge in [0.2, 0.25) is 0 Å². The van der Waals surface area contributed by atoms with Crippen molar-refractivity contribution in [2.45, 2.75) is 19.4 Å². The predicted octanol–water partition coefficient (Wildman–Crippen LogP) is 2.01. The maximum Gasteiger partial charge on any atom is 0.180 e. The van der Waals surface area contributed by atoms with E-state index in [0.29, 0.717) is 5.13 Å². The molecule has 0 spiro atoms. The van der Waals surface area contributed by atoms with Gasteiger partial charge in [-0.15, -0.1) is 23.7 Å². The largest absolute Gasteiger partial charge is 0.380 e. The SMILES string of the molecule is CN(CCOCC1CC1)Cc1cnc(N)s1.Cl. The number of nitrogens with two attached hydrogens (primary N) is 1. The highest BCUT2D eigenvalue weighted by molar-refractivity contribution is 7.15. The Morgan fingerprint density at radius 3 is 2.94 bits per heavy atom. The van der Waals surface area contributed by atoms with E-state index in [0.717, 1.165) is 32.2 Å². The van der Waals surface area contributed by atoms with Gasteiger partial charge in [-0.3, -0.25) is 4.90 Å². The molecule has 2 N–H and O–H groups in total. The molecule has 98 valence electrons. The zero-order valence-corrected chi connectivity index (χ0v) is 11.7. The molecule has 1 aromatic rings. The van der Waals surface area contributed by atoms with Crippen LogP contribution in [0.5, 0.6) is 0 Å². The molecular weight excluding hydrogens is 258 g/mol. The highest BCUT2D eigenvalue weighted by Crippen LogP contribution is 2.28. The fourth-order valence-electron chi connectivity index (χ4n) is 1.50. The maximum absolute atomic E-state index is 5.59. The van der Waals surface area contributed by atoms with E-state index in [2.05, 4.69) is 16.9 Å². The molecule has 6 heteroatoms. The van der Waals surface area contributed by atoms with E-state index in [9.17, 15) is 0 Å². The molecule has 0 unspecified atom stereocenters. The van der Waals surface area contributed by atoms with Gasteiger partial charge in [-0.2, -0.15) is 0 Å². The Kier molecular flexibility index (Phi) is 6.19. The molecule has 1 aliphatic rings. The number of anilines is 1. The van der Waals surface area contributed by atoms with Crippen molar-refractivity contribution in [2.75, 3.05) is 32.5 Å². The van der Waals surface area contributed by atoms with Crippen LogP contribution in [0.15, 0.2) is 6.20 Å². The Hall–Kier alpha value is -0.360. The van der Waals surface area contributed by atoms with Crippen molar-refractivity contribution in [1.29, 1.82) is 0 Å². The van der Waals surface area contributed by atoms with Gasteiger partial charge in [0.15, 0.2) is 5.13 Å². The Balaban J connectivity index is 0.00000144. The number of likely N-dealkylation sites (N-methyl/N-ethyl adjacent to an activating group) is 1. The molecule has 1 fully saturated rings. The van der Waals surface area contributed by atoms with Crippen LogP contribution in [0.1, 0.15) is 17.7 Å². The van der Waals surface area contributed by atoms with Gasteiger partial charge in [0, 0.05) is 30.8 Å². The van der Waals surface area contributed by atoms with E-state index >= 15 is 0 Å². The highest BCUT2D eigenvalue weighted by atomic mass is 35.5. The summed E-state index contributed by atoms with van der Waals surface area (Å²) in [6, 6.07) is 0. The Labute approximate surface area is 113 Å². The number of rotatable bonds is 7. The average Bonchev–Trinajstić information content (AvgIpc) is 2.98. The topological polar surface area (TPSA) is 51.4 Å². The zero-order chi connectivity index (χ0) is 11.4. The minimum atomic E-state index is 0. The van der Waals surface area contributed by atoms with Crippen LogP contribution in [0, 0.1) is 5.92 Å². The minimum absolute atomic E-state index is 0. The van der Waals surface area contributed by atoms with Gasteiger partial charge in [0.1, 0.15) is 0 Å². The van der Waals surface area contributed by atoms with E-state index in [1.54, 1.807) is 11.3 Å². The van der Waals surface area contributed by atoms with Crippen molar-refractivity contribution in [3.05, 3.63) is 11.1 Å². The Morgan fingerprint density at radius 2 is 2.35 bits per heavy atom. The Bertz CT molecular complexity index is 330. The summed E-state index contributed by atoms with van der Waals surface area (Å²) in [6.45, 7) is 3.63. The van der Waals surface area contributed by atoms with E-state index in [1.807, 2.05) is 6.20 Å². The van der Waals surface area contributed by atoms with Crippen molar-refractivity contribution in [3.8, 4) is 0 Å². The molecule has 0 bridgehead atoms. The molecule has 17 heavy (non-hydrogen) atoms.